The van der Waals surface area contributed by atoms with E-state index in [-0.39, 0.29) is 0 Å². The quantitative estimate of drug-likeness (QED) is 0.927. The SMILES string of the molecule is Cc1ccc(CNCc2cc(Br)cs2)o1. The molecule has 0 aliphatic carbocycles. The predicted octanol–water partition coefficient (Wildman–Crippen LogP) is 3.70. The number of halogens is 1. The van der Waals surface area contributed by atoms with Crippen LogP contribution in [0.4, 0.5) is 0 Å². The lowest BCUT2D eigenvalue weighted by atomic mass is 10.4. The molecule has 80 valence electrons. The highest BCUT2D eigenvalue weighted by Gasteiger charge is 1.99. The predicted molar refractivity (Wildman–Crippen MR) is 66.0 cm³/mol. The first-order valence-corrected chi connectivity index (χ1v) is 6.40. The molecule has 0 spiro atoms. The van der Waals surface area contributed by atoms with Crippen LogP contribution in [0.1, 0.15) is 16.4 Å². The summed E-state index contributed by atoms with van der Waals surface area (Å²) in [5.74, 6) is 1.95. The van der Waals surface area contributed by atoms with E-state index in [0.29, 0.717) is 0 Å². The molecule has 0 radical (unpaired) electrons. The van der Waals surface area contributed by atoms with Crippen molar-refractivity contribution in [1.29, 1.82) is 0 Å². The zero-order valence-corrected chi connectivity index (χ0v) is 10.8. The van der Waals surface area contributed by atoms with Crippen LogP contribution in [-0.2, 0) is 13.1 Å². The Morgan fingerprint density at radius 1 is 1.40 bits per heavy atom. The first-order valence-electron chi connectivity index (χ1n) is 4.73. The molecule has 0 amide bonds. The number of rotatable bonds is 4. The van der Waals surface area contributed by atoms with Crippen LogP contribution in [0.2, 0.25) is 0 Å². The van der Waals surface area contributed by atoms with Gasteiger partial charge in [0.1, 0.15) is 11.5 Å². The van der Waals surface area contributed by atoms with Gasteiger partial charge in [0.05, 0.1) is 6.54 Å². The third kappa shape index (κ3) is 3.19. The highest BCUT2D eigenvalue weighted by molar-refractivity contribution is 9.10. The summed E-state index contributed by atoms with van der Waals surface area (Å²) in [4.78, 5) is 1.32. The molecule has 0 saturated heterocycles. The Morgan fingerprint density at radius 2 is 2.27 bits per heavy atom. The minimum absolute atomic E-state index is 0.781. The van der Waals surface area contributed by atoms with Crippen molar-refractivity contribution >= 4 is 27.3 Å². The standard InChI is InChI=1S/C11H12BrNOS/c1-8-2-3-10(14-8)5-13-6-11-4-9(12)7-15-11/h2-4,7,13H,5-6H2,1H3. The fourth-order valence-electron chi connectivity index (χ4n) is 1.34. The van der Waals surface area contributed by atoms with E-state index in [4.69, 9.17) is 4.42 Å². The maximum atomic E-state index is 5.46. The minimum Gasteiger partial charge on any atom is -0.465 e. The summed E-state index contributed by atoms with van der Waals surface area (Å²) in [6.45, 7) is 3.62. The molecule has 2 aromatic rings. The molecule has 0 fully saturated rings. The van der Waals surface area contributed by atoms with E-state index in [0.717, 1.165) is 29.1 Å². The van der Waals surface area contributed by atoms with Gasteiger partial charge in [0.25, 0.3) is 0 Å². The first kappa shape index (κ1) is 10.9. The molecule has 2 rings (SSSR count). The van der Waals surface area contributed by atoms with Crippen molar-refractivity contribution in [2.75, 3.05) is 0 Å². The smallest absolute Gasteiger partial charge is 0.117 e. The third-order valence-corrected chi connectivity index (χ3v) is 3.71. The van der Waals surface area contributed by atoms with Crippen LogP contribution in [0.25, 0.3) is 0 Å². The van der Waals surface area contributed by atoms with E-state index < -0.39 is 0 Å². The lowest BCUT2D eigenvalue weighted by Crippen LogP contribution is -2.10. The monoisotopic (exact) mass is 285 g/mol. The van der Waals surface area contributed by atoms with Crippen molar-refractivity contribution < 1.29 is 4.42 Å². The topological polar surface area (TPSA) is 25.2 Å². The Hall–Kier alpha value is -0.580. The second-order valence-electron chi connectivity index (χ2n) is 3.35. The van der Waals surface area contributed by atoms with Gasteiger partial charge < -0.3 is 9.73 Å². The molecule has 0 aliphatic heterocycles. The number of thiophene rings is 1. The van der Waals surface area contributed by atoms with Gasteiger partial charge >= 0.3 is 0 Å². The number of furan rings is 1. The summed E-state index contributed by atoms with van der Waals surface area (Å²) in [6, 6.07) is 6.12. The summed E-state index contributed by atoms with van der Waals surface area (Å²) in [6.07, 6.45) is 0. The average molecular weight is 286 g/mol. The van der Waals surface area contributed by atoms with E-state index in [9.17, 15) is 0 Å². The molecule has 0 aromatic carbocycles. The number of hydrogen-bond donors (Lipinski definition) is 1. The van der Waals surface area contributed by atoms with Gasteiger partial charge in [0.15, 0.2) is 0 Å². The summed E-state index contributed by atoms with van der Waals surface area (Å²) >= 11 is 5.19. The Kier molecular flexibility index (Phi) is 3.61. The van der Waals surface area contributed by atoms with Gasteiger partial charge in [0.2, 0.25) is 0 Å². The van der Waals surface area contributed by atoms with Crippen molar-refractivity contribution in [2.45, 2.75) is 20.0 Å². The van der Waals surface area contributed by atoms with Crippen LogP contribution >= 0.6 is 27.3 Å². The molecule has 2 aromatic heterocycles. The van der Waals surface area contributed by atoms with Crippen LogP contribution in [0.15, 0.2) is 32.5 Å². The van der Waals surface area contributed by atoms with E-state index in [1.54, 1.807) is 11.3 Å². The summed E-state index contributed by atoms with van der Waals surface area (Å²) in [7, 11) is 0. The van der Waals surface area contributed by atoms with Crippen LogP contribution in [-0.4, -0.2) is 0 Å². The van der Waals surface area contributed by atoms with E-state index >= 15 is 0 Å². The van der Waals surface area contributed by atoms with Crippen molar-refractivity contribution in [3.8, 4) is 0 Å². The van der Waals surface area contributed by atoms with Gasteiger partial charge in [-0.1, -0.05) is 0 Å². The molecule has 0 unspecified atom stereocenters. The highest BCUT2D eigenvalue weighted by Crippen LogP contribution is 2.19. The second kappa shape index (κ2) is 4.96. The molecular weight excluding hydrogens is 274 g/mol. The number of aryl methyl sites for hydroxylation is 1. The van der Waals surface area contributed by atoms with Gasteiger partial charge in [-0.05, 0) is 41.1 Å². The van der Waals surface area contributed by atoms with Crippen molar-refractivity contribution in [3.05, 3.63) is 44.4 Å². The molecule has 0 aliphatic rings. The zero-order chi connectivity index (χ0) is 10.7. The summed E-state index contributed by atoms with van der Waals surface area (Å²) < 4.78 is 6.61. The Labute approximate surface area is 101 Å². The molecule has 2 heterocycles. The Morgan fingerprint density at radius 3 is 2.87 bits per heavy atom. The maximum absolute atomic E-state index is 5.46. The zero-order valence-electron chi connectivity index (χ0n) is 8.42. The summed E-state index contributed by atoms with van der Waals surface area (Å²) in [5, 5.41) is 5.43. The number of hydrogen-bond acceptors (Lipinski definition) is 3. The van der Waals surface area contributed by atoms with Gasteiger partial charge in [-0.3, -0.25) is 0 Å². The highest BCUT2D eigenvalue weighted by atomic mass is 79.9. The van der Waals surface area contributed by atoms with Crippen molar-refractivity contribution in [3.63, 3.8) is 0 Å². The fourth-order valence-corrected chi connectivity index (χ4v) is 2.76. The first-order chi connectivity index (χ1) is 7.24. The Balaban J connectivity index is 1.80. The largest absolute Gasteiger partial charge is 0.465 e. The van der Waals surface area contributed by atoms with Crippen molar-refractivity contribution in [2.24, 2.45) is 0 Å². The third-order valence-electron chi connectivity index (χ3n) is 2.02. The number of nitrogens with one attached hydrogen (secondary N) is 1. The maximum Gasteiger partial charge on any atom is 0.117 e. The van der Waals surface area contributed by atoms with Crippen LogP contribution in [0.3, 0.4) is 0 Å². The molecule has 4 heteroatoms. The van der Waals surface area contributed by atoms with Crippen molar-refractivity contribution in [1.82, 2.24) is 5.32 Å². The van der Waals surface area contributed by atoms with Crippen LogP contribution in [0.5, 0.6) is 0 Å². The fraction of sp³-hybridized carbons (Fsp3) is 0.273. The average Bonchev–Trinajstić information content (AvgIpc) is 2.76. The normalized spacial score (nSPS) is 10.8. The molecule has 2 nitrogen and oxygen atoms in total. The van der Waals surface area contributed by atoms with Gasteiger partial charge in [0, 0.05) is 21.3 Å². The van der Waals surface area contributed by atoms with E-state index in [1.807, 2.05) is 19.1 Å². The summed E-state index contributed by atoms with van der Waals surface area (Å²) in [5.41, 5.74) is 0. The lowest BCUT2D eigenvalue weighted by molar-refractivity contribution is 0.462. The second-order valence-corrected chi connectivity index (χ2v) is 5.26. The van der Waals surface area contributed by atoms with Gasteiger partial charge in [-0.2, -0.15) is 0 Å². The molecular formula is C11H12BrNOS. The Bertz CT molecular complexity index is 395. The lowest BCUT2D eigenvalue weighted by Gasteiger charge is -1.99. The minimum atomic E-state index is 0.781. The molecule has 15 heavy (non-hydrogen) atoms. The van der Waals surface area contributed by atoms with Gasteiger partial charge in [-0.15, -0.1) is 11.3 Å². The molecule has 0 saturated carbocycles. The molecule has 1 N–H and O–H groups in total. The van der Waals surface area contributed by atoms with Crippen LogP contribution in [0, 0.1) is 6.92 Å². The molecule has 0 bridgehead atoms. The molecule has 0 atom stereocenters. The van der Waals surface area contributed by atoms with Crippen LogP contribution < -0.4 is 5.32 Å². The van der Waals surface area contributed by atoms with E-state index in [2.05, 4.69) is 32.7 Å². The van der Waals surface area contributed by atoms with E-state index in [1.165, 1.54) is 4.88 Å². The van der Waals surface area contributed by atoms with Gasteiger partial charge in [-0.25, -0.2) is 0 Å².